The zero-order valence-corrected chi connectivity index (χ0v) is 23.5. The van der Waals surface area contributed by atoms with E-state index in [-0.39, 0.29) is 11.9 Å². The number of hydrogen-bond acceptors (Lipinski definition) is 4. The SMILES string of the molecule is CCCCc1ccc([C@H](C)NC(=O)c2ccc3c(c2)nc(C)n3Cc2cc(Cl)cc(O[C@H](C)C(=O)O)c2)cc1. The molecule has 204 valence electrons. The molecule has 1 aromatic heterocycles. The molecule has 39 heavy (non-hydrogen) atoms. The quantitative estimate of drug-likeness (QED) is 0.217. The Morgan fingerprint density at radius 2 is 1.79 bits per heavy atom. The van der Waals surface area contributed by atoms with Gasteiger partial charge in [-0.2, -0.15) is 0 Å². The number of amides is 1. The summed E-state index contributed by atoms with van der Waals surface area (Å²) in [5.74, 6) is -0.0445. The van der Waals surface area contributed by atoms with Crippen LogP contribution >= 0.6 is 11.6 Å². The van der Waals surface area contributed by atoms with E-state index in [1.165, 1.54) is 25.3 Å². The van der Waals surface area contributed by atoms with Gasteiger partial charge in [0.2, 0.25) is 0 Å². The molecule has 0 aliphatic carbocycles. The van der Waals surface area contributed by atoms with E-state index >= 15 is 0 Å². The minimum atomic E-state index is -1.05. The maximum absolute atomic E-state index is 13.1. The van der Waals surface area contributed by atoms with Gasteiger partial charge in [-0.15, -0.1) is 0 Å². The molecule has 2 N–H and O–H groups in total. The number of nitrogens with zero attached hydrogens (tertiary/aromatic N) is 2. The number of halogens is 1. The third-order valence-corrected chi connectivity index (χ3v) is 7.00. The number of carbonyl (C=O) groups is 2. The summed E-state index contributed by atoms with van der Waals surface area (Å²) in [6.07, 6.45) is 2.41. The fourth-order valence-electron chi connectivity index (χ4n) is 4.53. The Balaban J connectivity index is 1.49. The first-order chi connectivity index (χ1) is 18.6. The lowest BCUT2D eigenvalue weighted by Crippen LogP contribution is -2.26. The second kappa shape index (κ2) is 12.3. The molecule has 4 aromatic rings. The molecule has 0 saturated heterocycles. The Morgan fingerprint density at radius 1 is 1.05 bits per heavy atom. The number of benzene rings is 3. The highest BCUT2D eigenvalue weighted by molar-refractivity contribution is 6.30. The maximum Gasteiger partial charge on any atom is 0.344 e. The van der Waals surface area contributed by atoms with E-state index in [1.54, 1.807) is 24.3 Å². The maximum atomic E-state index is 13.1. The van der Waals surface area contributed by atoms with E-state index in [0.29, 0.717) is 28.4 Å². The van der Waals surface area contributed by atoms with Crippen LogP contribution in [0.2, 0.25) is 5.02 Å². The van der Waals surface area contributed by atoms with Gasteiger partial charge in [0.15, 0.2) is 6.10 Å². The monoisotopic (exact) mass is 547 g/mol. The summed E-state index contributed by atoms with van der Waals surface area (Å²) in [4.78, 5) is 28.9. The fourth-order valence-corrected chi connectivity index (χ4v) is 4.77. The average Bonchev–Trinajstić information content (AvgIpc) is 3.21. The van der Waals surface area contributed by atoms with Gasteiger partial charge in [0.25, 0.3) is 5.91 Å². The van der Waals surface area contributed by atoms with Crippen molar-refractivity contribution < 1.29 is 19.4 Å². The van der Waals surface area contributed by atoms with Gasteiger partial charge >= 0.3 is 5.97 Å². The fraction of sp³-hybridized carbons (Fsp3) is 0.323. The molecule has 0 bridgehead atoms. The number of imidazole rings is 1. The number of aryl methyl sites for hydroxylation is 2. The third-order valence-electron chi connectivity index (χ3n) is 6.78. The number of unbranched alkanes of at least 4 members (excludes halogenated alkanes) is 1. The molecule has 8 heteroatoms. The van der Waals surface area contributed by atoms with Crippen molar-refractivity contribution in [1.29, 1.82) is 0 Å². The lowest BCUT2D eigenvalue weighted by Gasteiger charge is -2.15. The summed E-state index contributed by atoms with van der Waals surface area (Å²) in [6, 6.07) is 19.0. The third kappa shape index (κ3) is 6.98. The lowest BCUT2D eigenvalue weighted by atomic mass is 10.0. The molecule has 1 amide bonds. The van der Waals surface area contributed by atoms with Crippen molar-refractivity contribution in [3.8, 4) is 5.75 Å². The highest BCUT2D eigenvalue weighted by Crippen LogP contribution is 2.25. The van der Waals surface area contributed by atoms with Crippen LogP contribution in [0, 0.1) is 6.92 Å². The Bertz CT molecular complexity index is 1480. The Hall–Kier alpha value is -3.84. The second-order valence-electron chi connectivity index (χ2n) is 9.88. The van der Waals surface area contributed by atoms with E-state index in [9.17, 15) is 9.59 Å². The molecule has 2 atom stereocenters. The van der Waals surface area contributed by atoms with Crippen molar-refractivity contribution in [2.24, 2.45) is 0 Å². The van der Waals surface area contributed by atoms with Gasteiger partial charge in [-0.05, 0) is 86.7 Å². The van der Waals surface area contributed by atoms with Gasteiger partial charge in [-0.25, -0.2) is 9.78 Å². The van der Waals surface area contributed by atoms with Crippen LogP contribution in [-0.4, -0.2) is 32.6 Å². The van der Waals surface area contributed by atoms with E-state index in [1.807, 2.05) is 30.5 Å². The predicted molar refractivity (Wildman–Crippen MR) is 154 cm³/mol. The van der Waals surface area contributed by atoms with Gasteiger partial charge in [0.1, 0.15) is 11.6 Å². The summed E-state index contributed by atoms with van der Waals surface area (Å²) >= 11 is 6.28. The largest absolute Gasteiger partial charge is 0.479 e. The number of aliphatic carboxylic acids is 1. The highest BCUT2D eigenvalue weighted by atomic mass is 35.5. The van der Waals surface area contributed by atoms with Gasteiger partial charge in [0.05, 0.1) is 17.1 Å². The summed E-state index contributed by atoms with van der Waals surface area (Å²) in [6.45, 7) is 8.00. The van der Waals surface area contributed by atoms with Crippen molar-refractivity contribution >= 4 is 34.5 Å². The van der Waals surface area contributed by atoms with Crippen molar-refractivity contribution in [3.63, 3.8) is 0 Å². The highest BCUT2D eigenvalue weighted by Gasteiger charge is 2.16. The van der Waals surface area contributed by atoms with Crippen LogP contribution in [0.4, 0.5) is 0 Å². The van der Waals surface area contributed by atoms with Crippen LogP contribution in [0.5, 0.6) is 5.75 Å². The molecule has 1 heterocycles. The number of fused-ring (bicyclic) bond motifs is 1. The van der Waals surface area contributed by atoms with Crippen molar-refractivity contribution in [2.75, 3.05) is 0 Å². The van der Waals surface area contributed by atoms with E-state index in [0.717, 1.165) is 28.9 Å². The van der Waals surface area contributed by atoms with Gasteiger partial charge in [-0.1, -0.05) is 49.2 Å². The molecular weight excluding hydrogens is 514 g/mol. The molecule has 7 nitrogen and oxygen atoms in total. The Morgan fingerprint density at radius 3 is 2.49 bits per heavy atom. The summed E-state index contributed by atoms with van der Waals surface area (Å²) in [5.41, 5.74) is 5.35. The predicted octanol–water partition coefficient (Wildman–Crippen LogP) is 6.73. The van der Waals surface area contributed by atoms with Crippen LogP contribution in [0.1, 0.15) is 72.5 Å². The molecule has 0 saturated carbocycles. The van der Waals surface area contributed by atoms with Gasteiger partial charge in [0, 0.05) is 17.1 Å². The molecule has 0 spiro atoms. The molecule has 4 rings (SSSR count). The number of ether oxygens (including phenoxy) is 1. The second-order valence-corrected chi connectivity index (χ2v) is 10.3. The van der Waals surface area contributed by atoms with Crippen molar-refractivity contribution in [2.45, 2.75) is 65.6 Å². The number of aromatic nitrogens is 2. The van der Waals surface area contributed by atoms with E-state index in [2.05, 4.69) is 41.5 Å². The number of carboxylic acids is 1. The molecule has 0 radical (unpaired) electrons. The summed E-state index contributed by atoms with van der Waals surface area (Å²) in [7, 11) is 0. The first kappa shape index (κ1) is 28.2. The molecule has 3 aromatic carbocycles. The first-order valence-corrected chi connectivity index (χ1v) is 13.6. The van der Waals surface area contributed by atoms with E-state index < -0.39 is 12.1 Å². The van der Waals surface area contributed by atoms with Crippen LogP contribution in [0.25, 0.3) is 11.0 Å². The number of carboxylic acid groups (broad SMARTS) is 1. The van der Waals surface area contributed by atoms with Gasteiger partial charge < -0.3 is 19.7 Å². The van der Waals surface area contributed by atoms with Crippen LogP contribution in [-0.2, 0) is 17.8 Å². The molecular formula is C31H34ClN3O4. The number of rotatable bonds is 11. The minimum Gasteiger partial charge on any atom is -0.479 e. The van der Waals surface area contributed by atoms with Crippen molar-refractivity contribution in [3.05, 3.63) is 93.8 Å². The van der Waals surface area contributed by atoms with Gasteiger partial charge in [-0.3, -0.25) is 4.79 Å². The van der Waals surface area contributed by atoms with Crippen LogP contribution in [0.15, 0.2) is 60.7 Å². The lowest BCUT2D eigenvalue weighted by molar-refractivity contribution is -0.144. The molecule has 0 fully saturated rings. The average molecular weight is 548 g/mol. The molecule has 0 unspecified atom stereocenters. The van der Waals surface area contributed by atoms with Crippen LogP contribution < -0.4 is 10.1 Å². The molecule has 0 aliphatic rings. The summed E-state index contributed by atoms with van der Waals surface area (Å²) in [5, 5.41) is 12.7. The molecule has 0 aliphatic heterocycles. The van der Waals surface area contributed by atoms with E-state index in [4.69, 9.17) is 21.4 Å². The number of nitrogens with one attached hydrogen (secondary N) is 1. The standard InChI is InChI=1S/C31H34ClN3O4/c1-5-6-7-22-8-10-24(11-9-22)19(2)33-30(36)25-12-13-29-28(16-25)34-21(4)35(29)18-23-14-26(32)17-27(15-23)39-20(3)31(37)38/h8-17,19-20H,5-7,18H2,1-4H3,(H,33,36)(H,37,38)/t19-,20+/m0/s1. The minimum absolute atomic E-state index is 0.129. The first-order valence-electron chi connectivity index (χ1n) is 13.2. The van der Waals surface area contributed by atoms with Crippen LogP contribution in [0.3, 0.4) is 0 Å². The Kier molecular flexibility index (Phi) is 8.92. The normalized spacial score (nSPS) is 12.7. The van der Waals surface area contributed by atoms with Crippen molar-refractivity contribution in [1.82, 2.24) is 14.9 Å². The zero-order chi connectivity index (χ0) is 28.1. The number of hydrogen-bond donors (Lipinski definition) is 2. The zero-order valence-electron chi connectivity index (χ0n) is 22.7. The number of carbonyl (C=O) groups excluding carboxylic acids is 1. The Labute approximate surface area is 233 Å². The summed E-state index contributed by atoms with van der Waals surface area (Å²) < 4.78 is 7.53. The smallest absolute Gasteiger partial charge is 0.344 e. The topological polar surface area (TPSA) is 93.5 Å².